The summed E-state index contributed by atoms with van der Waals surface area (Å²) in [6, 6.07) is 12.2. The Bertz CT molecular complexity index is 846. The third kappa shape index (κ3) is 4.54. The van der Waals surface area contributed by atoms with E-state index < -0.39 is 11.9 Å². The highest BCUT2D eigenvalue weighted by Crippen LogP contribution is 2.32. The molecule has 0 atom stereocenters. The van der Waals surface area contributed by atoms with Gasteiger partial charge in [-0.25, -0.2) is 4.79 Å². The Balaban J connectivity index is 1.48. The van der Waals surface area contributed by atoms with Crippen LogP contribution in [0.2, 0.25) is 0 Å². The second kappa shape index (κ2) is 8.06. The molecule has 0 saturated carbocycles. The van der Waals surface area contributed by atoms with Crippen LogP contribution in [0.15, 0.2) is 48.5 Å². The average molecular weight is 355 g/mol. The Morgan fingerprint density at radius 2 is 2.00 bits per heavy atom. The van der Waals surface area contributed by atoms with Gasteiger partial charge < -0.3 is 24.3 Å². The molecule has 0 saturated heterocycles. The van der Waals surface area contributed by atoms with E-state index in [9.17, 15) is 9.59 Å². The summed E-state index contributed by atoms with van der Waals surface area (Å²) < 4.78 is 20.5. The van der Waals surface area contributed by atoms with Crippen molar-refractivity contribution in [3.8, 4) is 17.2 Å². The van der Waals surface area contributed by atoms with E-state index in [-0.39, 0.29) is 13.4 Å². The predicted octanol–water partition coefficient (Wildman–Crippen LogP) is 2.62. The first-order chi connectivity index (χ1) is 12.6. The van der Waals surface area contributed by atoms with Gasteiger partial charge in [0.25, 0.3) is 5.91 Å². The van der Waals surface area contributed by atoms with Crippen molar-refractivity contribution in [2.75, 3.05) is 25.8 Å². The Hall–Kier alpha value is -3.48. The number of rotatable bonds is 6. The molecule has 0 fully saturated rings. The summed E-state index contributed by atoms with van der Waals surface area (Å²) in [5.41, 5.74) is 1.31. The summed E-state index contributed by atoms with van der Waals surface area (Å²) in [5, 5.41) is 2.62. The highest BCUT2D eigenvalue weighted by molar-refractivity contribution is 5.94. The molecule has 0 aromatic heterocycles. The van der Waals surface area contributed by atoms with Gasteiger partial charge in [0.05, 0.1) is 7.11 Å². The lowest BCUT2D eigenvalue weighted by Gasteiger charge is -2.07. The number of amides is 1. The molecule has 1 N–H and O–H groups in total. The van der Waals surface area contributed by atoms with E-state index in [0.717, 1.165) is 5.56 Å². The van der Waals surface area contributed by atoms with Crippen LogP contribution in [0, 0.1) is 0 Å². The van der Waals surface area contributed by atoms with Crippen molar-refractivity contribution >= 4 is 23.6 Å². The molecule has 26 heavy (non-hydrogen) atoms. The molecule has 0 bridgehead atoms. The molecule has 0 aliphatic carbocycles. The monoisotopic (exact) mass is 355 g/mol. The first-order valence-corrected chi connectivity index (χ1v) is 7.82. The third-order valence-corrected chi connectivity index (χ3v) is 3.51. The van der Waals surface area contributed by atoms with Crippen molar-refractivity contribution in [1.29, 1.82) is 0 Å². The molecule has 1 aliphatic heterocycles. The Kier molecular flexibility index (Phi) is 5.38. The molecule has 1 heterocycles. The van der Waals surface area contributed by atoms with Crippen LogP contribution in [-0.4, -0.2) is 32.4 Å². The fourth-order valence-electron chi connectivity index (χ4n) is 2.26. The van der Waals surface area contributed by atoms with Gasteiger partial charge in [0.2, 0.25) is 6.79 Å². The number of ether oxygens (including phenoxy) is 4. The lowest BCUT2D eigenvalue weighted by molar-refractivity contribution is -0.142. The molecule has 0 unspecified atom stereocenters. The normalized spacial score (nSPS) is 12.0. The summed E-state index contributed by atoms with van der Waals surface area (Å²) >= 11 is 0. The highest BCUT2D eigenvalue weighted by Gasteiger charge is 2.12. The summed E-state index contributed by atoms with van der Waals surface area (Å²) in [6.07, 6.45) is 2.82. The Labute approximate surface area is 150 Å². The topological polar surface area (TPSA) is 83.1 Å². The lowest BCUT2D eigenvalue weighted by atomic mass is 10.2. The number of nitrogens with one attached hydrogen (secondary N) is 1. The van der Waals surface area contributed by atoms with Gasteiger partial charge in [0.1, 0.15) is 5.75 Å². The smallest absolute Gasteiger partial charge is 0.331 e. The summed E-state index contributed by atoms with van der Waals surface area (Å²) in [4.78, 5) is 23.6. The van der Waals surface area contributed by atoms with Crippen molar-refractivity contribution in [3.63, 3.8) is 0 Å². The number of carbonyl (C=O) groups is 2. The van der Waals surface area contributed by atoms with Crippen LogP contribution < -0.4 is 19.5 Å². The third-order valence-electron chi connectivity index (χ3n) is 3.51. The van der Waals surface area contributed by atoms with Crippen molar-refractivity contribution < 1.29 is 28.5 Å². The number of hydrogen-bond donors (Lipinski definition) is 1. The minimum Gasteiger partial charge on any atom is -0.497 e. The van der Waals surface area contributed by atoms with E-state index in [2.05, 4.69) is 5.32 Å². The predicted molar refractivity (Wildman–Crippen MR) is 94.2 cm³/mol. The van der Waals surface area contributed by atoms with E-state index in [1.807, 2.05) is 0 Å². The molecule has 1 amide bonds. The fraction of sp³-hybridized carbons (Fsp3) is 0.158. The molecular formula is C19H17NO6. The maximum absolute atomic E-state index is 11.8. The number of fused-ring (bicyclic) bond motifs is 1. The standard InChI is InChI=1S/C19H17NO6/c1-23-15-4-2-3-14(10-15)20-18(21)11-24-19(22)8-6-13-5-7-16-17(9-13)26-12-25-16/h2-10H,11-12H2,1H3,(H,20,21)/b8-6+. The van der Waals surface area contributed by atoms with Gasteiger partial charge in [-0.05, 0) is 35.9 Å². The number of anilines is 1. The van der Waals surface area contributed by atoms with Crippen LogP contribution in [0.1, 0.15) is 5.56 Å². The Morgan fingerprint density at radius 3 is 2.85 bits per heavy atom. The number of hydrogen-bond acceptors (Lipinski definition) is 6. The van der Waals surface area contributed by atoms with E-state index in [0.29, 0.717) is 22.9 Å². The molecule has 3 rings (SSSR count). The number of esters is 1. The molecule has 134 valence electrons. The summed E-state index contributed by atoms with van der Waals surface area (Å²) in [5.74, 6) is 0.843. The van der Waals surface area contributed by atoms with E-state index in [4.69, 9.17) is 18.9 Å². The molecule has 2 aromatic carbocycles. The second-order valence-electron chi connectivity index (χ2n) is 5.33. The van der Waals surface area contributed by atoms with Crippen LogP contribution >= 0.6 is 0 Å². The zero-order chi connectivity index (χ0) is 18.4. The molecular weight excluding hydrogens is 338 g/mol. The van der Waals surface area contributed by atoms with Crippen LogP contribution in [0.3, 0.4) is 0 Å². The van der Waals surface area contributed by atoms with E-state index in [1.165, 1.54) is 13.2 Å². The number of carbonyl (C=O) groups excluding carboxylic acids is 2. The minimum atomic E-state index is -0.622. The molecule has 1 aliphatic rings. The molecule has 0 spiro atoms. The van der Waals surface area contributed by atoms with E-state index >= 15 is 0 Å². The summed E-state index contributed by atoms with van der Waals surface area (Å²) in [6.45, 7) is -0.200. The lowest BCUT2D eigenvalue weighted by Crippen LogP contribution is -2.20. The molecule has 7 nitrogen and oxygen atoms in total. The van der Waals surface area contributed by atoms with Gasteiger partial charge in [-0.1, -0.05) is 12.1 Å². The molecule has 0 radical (unpaired) electrons. The maximum atomic E-state index is 11.8. The van der Waals surface area contributed by atoms with Gasteiger partial charge in [0.15, 0.2) is 18.1 Å². The quantitative estimate of drug-likeness (QED) is 0.633. The van der Waals surface area contributed by atoms with Crippen molar-refractivity contribution in [2.24, 2.45) is 0 Å². The second-order valence-corrected chi connectivity index (χ2v) is 5.33. The Morgan fingerprint density at radius 1 is 1.15 bits per heavy atom. The SMILES string of the molecule is COc1cccc(NC(=O)COC(=O)/C=C/c2ccc3c(c2)OCO3)c1. The van der Waals surface area contributed by atoms with Gasteiger partial charge in [0, 0.05) is 17.8 Å². The average Bonchev–Trinajstić information content (AvgIpc) is 3.12. The van der Waals surface area contributed by atoms with Gasteiger partial charge >= 0.3 is 5.97 Å². The first-order valence-electron chi connectivity index (χ1n) is 7.82. The van der Waals surface area contributed by atoms with Crippen LogP contribution in [0.5, 0.6) is 17.2 Å². The van der Waals surface area contributed by atoms with Crippen molar-refractivity contribution in [1.82, 2.24) is 0 Å². The van der Waals surface area contributed by atoms with Crippen LogP contribution in [0.25, 0.3) is 6.08 Å². The number of methoxy groups -OCH3 is 1. The van der Waals surface area contributed by atoms with Gasteiger partial charge in [-0.15, -0.1) is 0 Å². The van der Waals surface area contributed by atoms with Crippen molar-refractivity contribution in [3.05, 3.63) is 54.1 Å². The van der Waals surface area contributed by atoms with Gasteiger partial charge in [-0.2, -0.15) is 0 Å². The van der Waals surface area contributed by atoms with Crippen molar-refractivity contribution in [2.45, 2.75) is 0 Å². The van der Waals surface area contributed by atoms with Gasteiger partial charge in [-0.3, -0.25) is 4.79 Å². The fourth-order valence-corrected chi connectivity index (χ4v) is 2.26. The highest BCUT2D eigenvalue weighted by atomic mass is 16.7. The van der Waals surface area contributed by atoms with E-state index in [1.54, 1.807) is 48.5 Å². The first kappa shape index (κ1) is 17.3. The maximum Gasteiger partial charge on any atom is 0.331 e. The number of benzene rings is 2. The largest absolute Gasteiger partial charge is 0.497 e. The minimum absolute atomic E-state index is 0.187. The van der Waals surface area contributed by atoms with Crippen LogP contribution in [-0.2, 0) is 14.3 Å². The van der Waals surface area contributed by atoms with Crippen LogP contribution in [0.4, 0.5) is 5.69 Å². The molecule has 7 heteroatoms. The molecule has 2 aromatic rings. The zero-order valence-electron chi connectivity index (χ0n) is 14.1. The summed E-state index contributed by atoms with van der Waals surface area (Å²) in [7, 11) is 1.54. The zero-order valence-corrected chi connectivity index (χ0v) is 14.1.